The van der Waals surface area contributed by atoms with E-state index < -0.39 is 6.10 Å². The van der Waals surface area contributed by atoms with Crippen molar-refractivity contribution < 1.29 is 19.7 Å². The lowest BCUT2D eigenvalue weighted by Gasteiger charge is -2.18. The highest BCUT2D eigenvalue weighted by Crippen LogP contribution is 2.45. The average molecular weight is 374 g/mol. The van der Waals surface area contributed by atoms with E-state index in [1.165, 1.54) is 0 Å². The molecule has 0 spiro atoms. The minimum atomic E-state index is -0.901. The number of aliphatic hydroxyl groups is 2. The third kappa shape index (κ3) is 2.97. The van der Waals surface area contributed by atoms with Gasteiger partial charge in [0.15, 0.2) is 0 Å². The molecule has 0 aromatic heterocycles. The molecule has 0 unspecified atom stereocenters. The Bertz CT molecular complexity index is 1150. The smallest absolute Gasteiger partial charge is 0.127 e. The van der Waals surface area contributed by atoms with Gasteiger partial charge >= 0.3 is 0 Å². The zero-order valence-corrected chi connectivity index (χ0v) is 15.8. The Hall–Kier alpha value is -3.08. The van der Waals surface area contributed by atoms with E-state index in [0.717, 1.165) is 44.2 Å². The van der Waals surface area contributed by atoms with Crippen LogP contribution in [0, 0.1) is 0 Å². The molecule has 1 atom stereocenters. The summed E-state index contributed by atoms with van der Waals surface area (Å²) in [5.41, 5.74) is 2.59. The van der Waals surface area contributed by atoms with Crippen molar-refractivity contribution >= 4 is 21.5 Å². The van der Waals surface area contributed by atoms with Crippen LogP contribution in [0.1, 0.15) is 11.7 Å². The van der Waals surface area contributed by atoms with Gasteiger partial charge in [-0.25, -0.2) is 0 Å². The molecule has 0 heterocycles. The highest BCUT2D eigenvalue weighted by Gasteiger charge is 2.19. The molecule has 4 aromatic rings. The summed E-state index contributed by atoms with van der Waals surface area (Å²) in [6.07, 6.45) is -0.901. The maximum Gasteiger partial charge on any atom is 0.127 e. The molecule has 142 valence electrons. The van der Waals surface area contributed by atoms with E-state index in [1.807, 2.05) is 54.6 Å². The topological polar surface area (TPSA) is 58.9 Å². The molecule has 0 bridgehead atoms. The fourth-order valence-corrected chi connectivity index (χ4v) is 3.75. The number of aliphatic hydroxyl groups excluding tert-OH is 2. The van der Waals surface area contributed by atoms with Gasteiger partial charge in [0.05, 0.1) is 20.8 Å². The van der Waals surface area contributed by atoms with Gasteiger partial charge in [-0.3, -0.25) is 0 Å². The van der Waals surface area contributed by atoms with E-state index in [0.29, 0.717) is 5.56 Å². The minimum Gasteiger partial charge on any atom is -0.496 e. The van der Waals surface area contributed by atoms with Crippen LogP contribution in [0.5, 0.6) is 11.5 Å². The number of hydrogen-bond donors (Lipinski definition) is 2. The minimum absolute atomic E-state index is 0.314. The van der Waals surface area contributed by atoms with Gasteiger partial charge in [-0.2, -0.15) is 0 Å². The van der Waals surface area contributed by atoms with E-state index in [2.05, 4.69) is 12.1 Å². The predicted molar refractivity (Wildman–Crippen MR) is 112 cm³/mol. The summed E-state index contributed by atoms with van der Waals surface area (Å²) < 4.78 is 11.4. The Labute approximate surface area is 163 Å². The van der Waals surface area contributed by atoms with Gasteiger partial charge in [0.1, 0.15) is 17.6 Å². The molecule has 0 saturated carbocycles. The van der Waals surface area contributed by atoms with Crippen molar-refractivity contribution in [1.29, 1.82) is 0 Å². The van der Waals surface area contributed by atoms with Crippen molar-refractivity contribution in [3.63, 3.8) is 0 Å². The standard InChI is InChI=1S/C24H22O4/c1-27-21-11-8-15-5-3-4-6-18(15)23(21)24-19-10-7-17(20(26)14-25)13-16(19)9-12-22(24)28-2/h3-13,20,25-26H,14H2,1-2H3/t20-/m0/s1. The molecule has 28 heavy (non-hydrogen) atoms. The van der Waals surface area contributed by atoms with Gasteiger partial charge in [-0.15, -0.1) is 0 Å². The van der Waals surface area contributed by atoms with Crippen molar-refractivity contribution in [3.8, 4) is 22.6 Å². The van der Waals surface area contributed by atoms with Crippen molar-refractivity contribution in [1.82, 2.24) is 0 Å². The second-order valence-electron chi connectivity index (χ2n) is 6.69. The number of methoxy groups -OCH3 is 2. The molecule has 4 rings (SSSR count). The number of ether oxygens (including phenoxy) is 2. The van der Waals surface area contributed by atoms with Crippen LogP contribution in [0.25, 0.3) is 32.7 Å². The van der Waals surface area contributed by atoms with Crippen LogP contribution in [-0.2, 0) is 0 Å². The summed E-state index contributed by atoms with van der Waals surface area (Å²) >= 11 is 0. The van der Waals surface area contributed by atoms with E-state index in [-0.39, 0.29) is 6.61 Å². The fraction of sp³-hybridized carbons (Fsp3) is 0.167. The van der Waals surface area contributed by atoms with Crippen LogP contribution in [0.2, 0.25) is 0 Å². The molecule has 0 amide bonds. The SMILES string of the molecule is COc1ccc2ccccc2c1-c1c(OC)ccc2cc([C@@H](O)CO)ccc12. The molecular weight excluding hydrogens is 352 g/mol. The van der Waals surface area contributed by atoms with Crippen molar-refractivity contribution in [2.75, 3.05) is 20.8 Å². The molecular formula is C24H22O4. The molecule has 0 aliphatic carbocycles. The van der Waals surface area contributed by atoms with E-state index in [9.17, 15) is 10.2 Å². The largest absolute Gasteiger partial charge is 0.496 e. The zero-order valence-electron chi connectivity index (χ0n) is 15.8. The van der Waals surface area contributed by atoms with E-state index in [4.69, 9.17) is 9.47 Å². The Morgan fingerprint density at radius 1 is 0.750 bits per heavy atom. The van der Waals surface area contributed by atoms with Gasteiger partial charge in [-0.05, 0) is 45.3 Å². The van der Waals surface area contributed by atoms with Gasteiger partial charge in [-0.1, -0.05) is 48.5 Å². The maximum absolute atomic E-state index is 10.0. The average Bonchev–Trinajstić information content (AvgIpc) is 2.76. The summed E-state index contributed by atoms with van der Waals surface area (Å²) in [5.74, 6) is 1.52. The first-order valence-electron chi connectivity index (χ1n) is 9.13. The second-order valence-corrected chi connectivity index (χ2v) is 6.69. The molecule has 4 nitrogen and oxygen atoms in total. The third-order valence-corrected chi connectivity index (χ3v) is 5.14. The molecule has 4 aromatic carbocycles. The summed E-state index contributed by atoms with van der Waals surface area (Å²) in [6.45, 7) is -0.314. The van der Waals surface area contributed by atoms with E-state index >= 15 is 0 Å². The molecule has 0 fully saturated rings. The molecule has 0 aliphatic heterocycles. The first-order valence-corrected chi connectivity index (χ1v) is 9.13. The van der Waals surface area contributed by atoms with Gasteiger partial charge in [0, 0.05) is 11.1 Å². The lowest BCUT2D eigenvalue weighted by Crippen LogP contribution is -2.02. The number of fused-ring (bicyclic) bond motifs is 2. The summed E-state index contributed by atoms with van der Waals surface area (Å²) in [4.78, 5) is 0. The molecule has 2 N–H and O–H groups in total. The van der Waals surface area contributed by atoms with E-state index in [1.54, 1.807) is 14.2 Å². The second kappa shape index (κ2) is 7.50. The third-order valence-electron chi connectivity index (χ3n) is 5.14. The normalized spacial score (nSPS) is 12.3. The van der Waals surface area contributed by atoms with Crippen molar-refractivity contribution in [2.45, 2.75) is 6.10 Å². The lowest BCUT2D eigenvalue weighted by molar-refractivity contribution is 0.0957. The first kappa shape index (κ1) is 18.3. The Balaban J connectivity index is 2.09. The van der Waals surface area contributed by atoms with Gasteiger partial charge in [0.25, 0.3) is 0 Å². The van der Waals surface area contributed by atoms with Crippen LogP contribution >= 0.6 is 0 Å². The van der Waals surface area contributed by atoms with Crippen LogP contribution < -0.4 is 9.47 Å². The quantitative estimate of drug-likeness (QED) is 0.531. The van der Waals surface area contributed by atoms with Crippen LogP contribution in [-0.4, -0.2) is 31.0 Å². The monoisotopic (exact) mass is 374 g/mol. The molecule has 0 saturated heterocycles. The van der Waals surface area contributed by atoms with Crippen molar-refractivity contribution in [3.05, 3.63) is 72.3 Å². The highest BCUT2D eigenvalue weighted by atomic mass is 16.5. The predicted octanol–water partition coefficient (Wildman–Crippen LogP) is 4.70. The Morgan fingerprint density at radius 3 is 2.00 bits per heavy atom. The Kier molecular flexibility index (Phi) is 4.90. The number of rotatable bonds is 5. The molecule has 0 aliphatic rings. The van der Waals surface area contributed by atoms with Crippen LogP contribution in [0.15, 0.2) is 66.7 Å². The first-order chi connectivity index (χ1) is 13.7. The maximum atomic E-state index is 10.0. The number of hydrogen-bond acceptors (Lipinski definition) is 4. The molecule has 0 radical (unpaired) electrons. The Morgan fingerprint density at radius 2 is 1.36 bits per heavy atom. The van der Waals surface area contributed by atoms with Gasteiger partial charge in [0.2, 0.25) is 0 Å². The van der Waals surface area contributed by atoms with Crippen LogP contribution in [0.3, 0.4) is 0 Å². The summed E-state index contributed by atoms with van der Waals surface area (Å²) in [5, 5.41) is 23.4. The van der Waals surface area contributed by atoms with Crippen LogP contribution in [0.4, 0.5) is 0 Å². The summed E-state index contributed by atoms with van der Waals surface area (Å²) in [6, 6.07) is 21.8. The van der Waals surface area contributed by atoms with Gasteiger partial charge < -0.3 is 19.7 Å². The zero-order chi connectivity index (χ0) is 19.7. The highest BCUT2D eigenvalue weighted by molar-refractivity contribution is 6.09. The fourth-order valence-electron chi connectivity index (χ4n) is 3.75. The molecule has 4 heteroatoms. The number of benzene rings is 4. The lowest BCUT2D eigenvalue weighted by atomic mass is 9.91. The summed E-state index contributed by atoms with van der Waals surface area (Å²) in [7, 11) is 3.33. The van der Waals surface area contributed by atoms with Crippen molar-refractivity contribution in [2.24, 2.45) is 0 Å².